The number of nitrogens with one attached hydrogen (secondary N) is 2. The maximum absolute atomic E-state index is 11.7. The Morgan fingerprint density at radius 1 is 1.50 bits per heavy atom. The molecule has 0 aliphatic carbocycles. The molecule has 5 nitrogen and oxygen atoms in total. The highest BCUT2D eigenvalue weighted by atomic mass is 16.2. The van der Waals surface area contributed by atoms with E-state index in [-0.39, 0.29) is 17.9 Å². The maximum Gasteiger partial charge on any atom is 0.258 e. The lowest BCUT2D eigenvalue weighted by Crippen LogP contribution is -2.68. The molecule has 0 bridgehead atoms. The zero-order valence-electron chi connectivity index (χ0n) is 7.62. The molecule has 74 valence electrons. The average molecular weight is 193 g/mol. The number of amides is 2. The van der Waals surface area contributed by atoms with Crippen molar-refractivity contribution in [2.45, 2.75) is 12.1 Å². The van der Waals surface area contributed by atoms with Crippen LogP contribution in [0.5, 0.6) is 0 Å². The van der Waals surface area contributed by atoms with Gasteiger partial charge in [-0.3, -0.25) is 9.59 Å². The molecule has 0 spiro atoms. The third kappa shape index (κ3) is 1.24. The summed E-state index contributed by atoms with van der Waals surface area (Å²) in [6, 6.07) is -1.17. The number of carbonyl (C=O) groups is 2. The van der Waals surface area contributed by atoms with Gasteiger partial charge in [0, 0.05) is 19.6 Å². The molecule has 0 aromatic heterocycles. The molecule has 2 heterocycles. The molecule has 2 atom stereocenters. The van der Waals surface area contributed by atoms with Gasteiger partial charge in [0.1, 0.15) is 6.04 Å². The maximum atomic E-state index is 11.7. The van der Waals surface area contributed by atoms with Gasteiger partial charge in [0.25, 0.3) is 5.91 Å². The quantitative estimate of drug-likeness (QED) is 0.434. The molecule has 2 aliphatic rings. The van der Waals surface area contributed by atoms with Gasteiger partial charge in [-0.05, 0) is 0 Å². The minimum absolute atomic E-state index is 0.167. The van der Waals surface area contributed by atoms with Crippen molar-refractivity contribution in [1.29, 1.82) is 0 Å². The van der Waals surface area contributed by atoms with E-state index in [1.807, 2.05) is 0 Å². The molecule has 2 fully saturated rings. The van der Waals surface area contributed by atoms with Crippen LogP contribution in [0.1, 0.15) is 0 Å². The Morgan fingerprint density at radius 3 is 3.00 bits per heavy atom. The molecule has 2 saturated heterocycles. The van der Waals surface area contributed by atoms with Crippen molar-refractivity contribution in [1.82, 2.24) is 15.5 Å². The molecule has 2 N–H and O–H groups in total. The highest BCUT2D eigenvalue weighted by molar-refractivity contribution is 5.99. The van der Waals surface area contributed by atoms with Crippen LogP contribution in [0.25, 0.3) is 0 Å². The van der Waals surface area contributed by atoms with Gasteiger partial charge in [0.2, 0.25) is 5.91 Å². The predicted octanol–water partition coefficient (Wildman–Crippen LogP) is -2.08. The SMILES string of the molecule is C#C[C@H]1NC(=O)C2CNCCN2C1=O. The van der Waals surface area contributed by atoms with Gasteiger partial charge in [0.15, 0.2) is 6.04 Å². The number of hydrogen-bond donors (Lipinski definition) is 2. The third-order valence-electron chi connectivity index (χ3n) is 2.53. The molecular weight excluding hydrogens is 182 g/mol. The van der Waals surface area contributed by atoms with Crippen LogP contribution in [0.2, 0.25) is 0 Å². The van der Waals surface area contributed by atoms with E-state index in [0.29, 0.717) is 19.6 Å². The largest absolute Gasteiger partial charge is 0.333 e. The summed E-state index contributed by atoms with van der Waals surface area (Å²) in [5, 5.41) is 5.57. The van der Waals surface area contributed by atoms with Crippen molar-refractivity contribution in [3.63, 3.8) is 0 Å². The molecule has 5 heteroatoms. The van der Waals surface area contributed by atoms with E-state index in [2.05, 4.69) is 16.6 Å². The van der Waals surface area contributed by atoms with Crippen LogP contribution in [0.15, 0.2) is 0 Å². The van der Waals surface area contributed by atoms with Crippen LogP contribution in [0.3, 0.4) is 0 Å². The van der Waals surface area contributed by atoms with Crippen molar-refractivity contribution in [3.05, 3.63) is 0 Å². The smallest absolute Gasteiger partial charge is 0.258 e. The zero-order chi connectivity index (χ0) is 10.1. The summed E-state index contributed by atoms with van der Waals surface area (Å²) in [5.74, 6) is 1.94. The Morgan fingerprint density at radius 2 is 2.29 bits per heavy atom. The van der Waals surface area contributed by atoms with Crippen molar-refractivity contribution < 1.29 is 9.59 Å². The van der Waals surface area contributed by atoms with Crippen LogP contribution in [-0.4, -0.2) is 48.4 Å². The molecule has 14 heavy (non-hydrogen) atoms. The van der Waals surface area contributed by atoms with Crippen molar-refractivity contribution in [3.8, 4) is 12.3 Å². The van der Waals surface area contributed by atoms with Crippen LogP contribution < -0.4 is 10.6 Å². The molecule has 0 radical (unpaired) electrons. The highest BCUT2D eigenvalue weighted by Crippen LogP contribution is 2.11. The molecule has 0 aromatic rings. The van der Waals surface area contributed by atoms with E-state index in [4.69, 9.17) is 6.42 Å². The van der Waals surface area contributed by atoms with Crippen molar-refractivity contribution >= 4 is 11.8 Å². The first-order valence-corrected chi connectivity index (χ1v) is 4.52. The van der Waals surface area contributed by atoms with Crippen molar-refractivity contribution in [2.75, 3.05) is 19.6 Å². The van der Waals surface area contributed by atoms with E-state index < -0.39 is 6.04 Å². The van der Waals surface area contributed by atoms with Gasteiger partial charge in [-0.2, -0.15) is 0 Å². The second kappa shape index (κ2) is 3.31. The summed E-state index contributed by atoms with van der Waals surface area (Å²) in [6.45, 7) is 1.77. The number of carbonyl (C=O) groups excluding carboxylic acids is 2. The number of fused-ring (bicyclic) bond motifs is 1. The fourth-order valence-electron chi connectivity index (χ4n) is 1.78. The van der Waals surface area contributed by atoms with E-state index in [1.165, 1.54) is 0 Å². The third-order valence-corrected chi connectivity index (χ3v) is 2.53. The molecule has 2 amide bonds. The summed E-state index contributed by atoms with van der Waals surface area (Å²) in [6.07, 6.45) is 5.15. The zero-order valence-corrected chi connectivity index (χ0v) is 7.62. The topological polar surface area (TPSA) is 61.4 Å². The Labute approximate surface area is 81.8 Å². The number of rotatable bonds is 0. The summed E-state index contributed by atoms with van der Waals surface area (Å²) < 4.78 is 0. The van der Waals surface area contributed by atoms with E-state index in [1.54, 1.807) is 4.90 Å². The Bertz CT molecular complexity index is 321. The van der Waals surface area contributed by atoms with Gasteiger partial charge >= 0.3 is 0 Å². The van der Waals surface area contributed by atoms with Crippen LogP contribution in [-0.2, 0) is 9.59 Å². The standard InChI is InChI=1S/C9H11N3O2/c1-2-6-9(14)12-4-3-10-5-7(12)8(13)11-6/h1,6-7,10H,3-5H2,(H,11,13)/t6-,7?/m1/s1. The number of terminal acetylenes is 1. The molecule has 1 unspecified atom stereocenters. The summed E-state index contributed by atoms with van der Waals surface area (Å²) in [4.78, 5) is 24.7. The summed E-state index contributed by atoms with van der Waals surface area (Å²) in [7, 11) is 0. The second-order valence-electron chi connectivity index (χ2n) is 3.36. The normalized spacial score (nSPS) is 31.8. The van der Waals surface area contributed by atoms with Crippen LogP contribution in [0, 0.1) is 12.3 Å². The number of nitrogens with zero attached hydrogens (tertiary/aromatic N) is 1. The first-order valence-electron chi connectivity index (χ1n) is 4.52. The fraction of sp³-hybridized carbons (Fsp3) is 0.556. The van der Waals surface area contributed by atoms with Crippen LogP contribution >= 0.6 is 0 Å². The molecule has 0 saturated carbocycles. The Kier molecular flexibility index (Phi) is 2.14. The summed E-state index contributed by atoms with van der Waals surface area (Å²) >= 11 is 0. The van der Waals surface area contributed by atoms with Gasteiger partial charge in [-0.25, -0.2) is 0 Å². The lowest BCUT2D eigenvalue weighted by Gasteiger charge is -2.40. The van der Waals surface area contributed by atoms with Gasteiger partial charge in [-0.15, -0.1) is 6.42 Å². The van der Waals surface area contributed by atoms with Gasteiger partial charge in [0.05, 0.1) is 0 Å². The number of piperazine rings is 2. The van der Waals surface area contributed by atoms with E-state index in [0.717, 1.165) is 0 Å². The predicted molar refractivity (Wildman–Crippen MR) is 49.1 cm³/mol. The minimum atomic E-state index is -0.781. The monoisotopic (exact) mass is 193 g/mol. The van der Waals surface area contributed by atoms with E-state index >= 15 is 0 Å². The molecule has 2 aliphatic heterocycles. The summed E-state index contributed by atoms with van der Waals surface area (Å²) in [5.41, 5.74) is 0. The van der Waals surface area contributed by atoms with Gasteiger partial charge < -0.3 is 15.5 Å². The molecular formula is C9H11N3O2. The minimum Gasteiger partial charge on any atom is -0.333 e. The van der Waals surface area contributed by atoms with Crippen LogP contribution in [0.4, 0.5) is 0 Å². The fourth-order valence-corrected chi connectivity index (χ4v) is 1.78. The number of hydrogen-bond acceptors (Lipinski definition) is 3. The van der Waals surface area contributed by atoms with Gasteiger partial charge in [-0.1, -0.05) is 5.92 Å². The second-order valence-corrected chi connectivity index (χ2v) is 3.36. The molecule has 2 rings (SSSR count). The first-order chi connectivity index (χ1) is 6.74. The lowest BCUT2D eigenvalue weighted by molar-refractivity contribution is -0.148. The molecule has 0 aromatic carbocycles. The van der Waals surface area contributed by atoms with E-state index in [9.17, 15) is 9.59 Å². The Balaban J connectivity index is 2.22. The highest BCUT2D eigenvalue weighted by Gasteiger charge is 2.40. The average Bonchev–Trinajstić information content (AvgIpc) is 2.23. The Hall–Kier alpha value is -1.54. The first kappa shape index (κ1) is 9.03. The lowest BCUT2D eigenvalue weighted by atomic mass is 10.1. The van der Waals surface area contributed by atoms with Crippen molar-refractivity contribution in [2.24, 2.45) is 0 Å².